The third-order valence-electron chi connectivity index (χ3n) is 3.81. The summed E-state index contributed by atoms with van der Waals surface area (Å²) in [6, 6.07) is 0. The zero-order chi connectivity index (χ0) is 16.3. The third kappa shape index (κ3) is 18.9. The second-order valence-electron chi connectivity index (χ2n) is 6.07. The van der Waals surface area contributed by atoms with E-state index in [2.05, 4.69) is 31.2 Å². The predicted octanol–water partition coefficient (Wildman–Crippen LogP) is 6.66. The van der Waals surface area contributed by atoms with Crippen molar-refractivity contribution >= 4 is 5.97 Å². The molecule has 0 amide bonds. The van der Waals surface area contributed by atoms with Gasteiger partial charge in [-0.25, -0.2) is 0 Å². The van der Waals surface area contributed by atoms with E-state index >= 15 is 0 Å². The molecule has 0 fully saturated rings. The van der Waals surface area contributed by atoms with E-state index in [1.165, 1.54) is 64.2 Å². The van der Waals surface area contributed by atoms with Crippen LogP contribution in [-0.4, -0.2) is 11.1 Å². The molecule has 128 valence electrons. The minimum Gasteiger partial charge on any atom is -0.481 e. The maximum atomic E-state index is 10.3. The number of carboxylic acid groups (broad SMARTS) is 1. The minimum atomic E-state index is -0.690. The van der Waals surface area contributed by atoms with Gasteiger partial charge < -0.3 is 5.11 Å². The normalized spacial score (nSPS) is 11.7. The van der Waals surface area contributed by atoms with Gasteiger partial charge in [0.25, 0.3) is 0 Å². The van der Waals surface area contributed by atoms with Crippen LogP contribution in [0.15, 0.2) is 24.3 Å². The summed E-state index contributed by atoms with van der Waals surface area (Å²) in [5, 5.41) is 8.51. The largest absolute Gasteiger partial charge is 0.481 e. The Hall–Kier alpha value is -1.05. The van der Waals surface area contributed by atoms with Crippen molar-refractivity contribution in [1.29, 1.82) is 0 Å². The third-order valence-corrected chi connectivity index (χ3v) is 3.81. The van der Waals surface area contributed by atoms with Gasteiger partial charge in [-0.3, -0.25) is 4.79 Å². The first-order valence-corrected chi connectivity index (χ1v) is 9.29. The molecule has 0 aliphatic carbocycles. The summed E-state index contributed by atoms with van der Waals surface area (Å²) in [5.41, 5.74) is 0. The van der Waals surface area contributed by atoms with Crippen LogP contribution in [0.4, 0.5) is 0 Å². The van der Waals surface area contributed by atoms with Crippen molar-refractivity contribution in [3.63, 3.8) is 0 Å². The average molecular weight is 309 g/mol. The topological polar surface area (TPSA) is 37.3 Å². The number of unbranched alkanes of at least 4 members (excludes halogenated alkanes) is 10. The Morgan fingerprint density at radius 1 is 0.682 bits per heavy atom. The Balaban J connectivity index is 3.12. The van der Waals surface area contributed by atoms with Gasteiger partial charge in [0.05, 0.1) is 0 Å². The highest BCUT2D eigenvalue weighted by Crippen LogP contribution is 2.10. The molecule has 0 unspecified atom stereocenters. The van der Waals surface area contributed by atoms with Crippen molar-refractivity contribution in [2.45, 2.75) is 96.8 Å². The van der Waals surface area contributed by atoms with Gasteiger partial charge in [-0.15, -0.1) is 0 Å². The Morgan fingerprint density at radius 3 is 1.55 bits per heavy atom. The number of carbonyl (C=O) groups is 1. The van der Waals surface area contributed by atoms with Gasteiger partial charge in [0.2, 0.25) is 0 Å². The molecule has 0 bridgehead atoms. The summed E-state index contributed by atoms with van der Waals surface area (Å²) in [4.78, 5) is 10.3. The number of carboxylic acids is 1. The van der Waals surface area contributed by atoms with E-state index in [0.717, 1.165) is 19.3 Å². The van der Waals surface area contributed by atoms with Crippen LogP contribution in [-0.2, 0) is 4.79 Å². The van der Waals surface area contributed by atoms with Gasteiger partial charge in [-0.05, 0) is 44.9 Å². The lowest BCUT2D eigenvalue weighted by Gasteiger charge is -1.99. The molecule has 0 saturated heterocycles. The van der Waals surface area contributed by atoms with Crippen LogP contribution in [0.3, 0.4) is 0 Å². The lowest BCUT2D eigenvalue weighted by atomic mass is 10.1. The SMILES string of the molecule is CCCC/C=C\CCCCCCCC/C=C/CCCC(=O)O. The molecule has 2 nitrogen and oxygen atoms in total. The minimum absolute atomic E-state index is 0.290. The highest BCUT2D eigenvalue weighted by atomic mass is 16.4. The molecule has 22 heavy (non-hydrogen) atoms. The van der Waals surface area contributed by atoms with Gasteiger partial charge in [-0.1, -0.05) is 69.8 Å². The van der Waals surface area contributed by atoms with Crippen molar-refractivity contribution in [2.24, 2.45) is 0 Å². The maximum Gasteiger partial charge on any atom is 0.303 e. The second-order valence-corrected chi connectivity index (χ2v) is 6.07. The van der Waals surface area contributed by atoms with Gasteiger partial charge in [0.1, 0.15) is 0 Å². The number of allylic oxidation sites excluding steroid dienone is 4. The molecule has 0 spiro atoms. The van der Waals surface area contributed by atoms with Crippen molar-refractivity contribution in [3.8, 4) is 0 Å². The van der Waals surface area contributed by atoms with Crippen LogP contribution in [0, 0.1) is 0 Å². The molecule has 1 N–H and O–H groups in total. The highest BCUT2D eigenvalue weighted by Gasteiger charge is 1.93. The first-order valence-electron chi connectivity index (χ1n) is 9.29. The zero-order valence-corrected chi connectivity index (χ0v) is 14.6. The lowest BCUT2D eigenvalue weighted by Crippen LogP contribution is -1.92. The summed E-state index contributed by atoms with van der Waals surface area (Å²) in [6.45, 7) is 2.24. The Bertz CT molecular complexity index is 292. The standard InChI is InChI=1S/C20H36O2/c1-2-3-4-5-6-7-8-9-10-11-12-13-14-15-16-17-18-19-20(21)22/h5-6,15-16H,2-4,7-14,17-19H2,1H3,(H,21,22)/b6-5-,16-15+. The van der Waals surface area contributed by atoms with Crippen molar-refractivity contribution in [3.05, 3.63) is 24.3 Å². The van der Waals surface area contributed by atoms with Gasteiger partial charge >= 0.3 is 5.97 Å². The molecule has 0 aliphatic heterocycles. The van der Waals surface area contributed by atoms with E-state index in [1.807, 2.05) is 0 Å². The Morgan fingerprint density at radius 2 is 1.09 bits per heavy atom. The molecule has 0 atom stereocenters. The van der Waals surface area contributed by atoms with Crippen LogP contribution < -0.4 is 0 Å². The molecule has 0 aromatic carbocycles. The fraction of sp³-hybridized carbons (Fsp3) is 0.750. The zero-order valence-electron chi connectivity index (χ0n) is 14.6. The van der Waals surface area contributed by atoms with E-state index in [9.17, 15) is 4.79 Å². The molecular weight excluding hydrogens is 272 g/mol. The van der Waals surface area contributed by atoms with Crippen LogP contribution in [0.5, 0.6) is 0 Å². The first-order chi connectivity index (χ1) is 10.8. The molecular formula is C20H36O2. The van der Waals surface area contributed by atoms with E-state index in [1.54, 1.807) is 0 Å². The number of hydrogen-bond acceptors (Lipinski definition) is 1. The molecule has 0 aliphatic rings. The quantitative estimate of drug-likeness (QED) is 0.255. The van der Waals surface area contributed by atoms with E-state index in [-0.39, 0.29) is 6.42 Å². The van der Waals surface area contributed by atoms with E-state index in [0.29, 0.717) is 0 Å². The fourth-order valence-corrected chi connectivity index (χ4v) is 2.40. The van der Waals surface area contributed by atoms with E-state index in [4.69, 9.17) is 5.11 Å². The van der Waals surface area contributed by atoms with Crippen LogP contribution in [0.2, 0.25) is 0 Å². The Labute approximate surface area is 137 Å². The van der Waals surface area contributed by atoms with Crippen LogP contribution in [0.25, 0.3) is 0 Å². The number of rotatable bonds is 16. The monoisotopic (exact) mass is 308 g/mol. The molecule has 0 radical (unpaired) electrons. The highest BCUT2D eigenvalue weighted by molar-refractivity contribution is 5.66. The fourth-order valence-electron chi connectivity index (χ4n) is 2.40. The van der Waals surface area contributed by atoms with Gasteiger partial charge in [-0.2, -0.15) is 0 Å². The average Bonchev–Trinajstić information content (AvgIpc) is 2.50. The number of aliphatic carboxylic acids is 1. The van der Waals surface area contributed by atoms with Crippen LogP contribution >= 0.6 is 0 Å². The van der Waals surface area contributed by atoms with Gasteiger partial charge in [0.15, 0.2) is 0 Å². The predicted molar refractivity (Wildman–Crippen MR) is 96.2 cm³/mol. The van der Waals surface area contributed by atoms with Crippen molar-refractivity contribution < 1.29 is 9.90 Å². The molecule has 0 aromatic rings. The molecule has 0 aromatic heterocycles. The molecule has 2 heteroatoms. The second kappa shape index (κ2) is 18.0. The Kier molecular flexibility index (Phi) is 17.1. The summed E-state index contributed by atoms with van der Waals surface area (Å²) in [6.07, 6.45) is 25.3. The summed E-state index contributed by atoms with van der Waals surface area (Å²) < 4.78 is 0. The first kappa shape index (κ1) is 20.9. The van der Waals surface area contributed by atoms with Crippen LogP contribution in [0.1, 0.15) is 96.8 Å². The maximum absolute atomic E-state index is 10.3. The lowest BCUT2D eigenvalue weighted by molar-refractivity contribution is -0.137. The van der Waals surface area contributed by atoms with Crippen molar-refractivity contribution in [2.75, 3.05) is 0 Å². The molecule has 0 rings (SSSR count). The number of hydrogen-bond donors (Lipinski definition) is 1. The van der Waals surface area contributed by atoms with Crippen molar-refractivity contribution in [1.82, 2.24) is 0 Å². The van der Waals surface area contributed by atoms with Gasteiger partial charge in [0, 0.05) is 6.42 Å². The summed E-state index contributed by atoms with van der Waals surface area (Å²) >= 11 is 0. The molecule has 0 heterocycles. The smallest absolute Gasteiger partial charge is 0.303 e. The van der Waals surface area contributed by atoms with E-state index < -0.39 is 5.97 Å². The summed E-state index contributed by atoms with van der Waals surface area (Å²) in [5.74, 6) is -0.690. The molecule has 0 saturated carbocycles. The summed E-state index contributed by atoms with van der Waals surface area (Å²) in [7, 11) is 0.